The second-order valence-electron chi connectivity index (χ2n) is 8.38. The third-order valence-electron chi connectivity index (χ3n) is 6.21. The molecule has 1 aliphatic rings. The number of carbonyl (C=O) groups excluding carboxylic acids is 1. The van der Waals surface area contributed by atoms with Gasteiger partial charge in [-0.05, 0) is 61.3 Å². The zero-order valence-electron chi connectivity index (χ0n) is 17.7. The van der Waals surface area contributed by atoms with E-state index in [0.717, 1.165) is 67.4 Å². The average Bonchev–Trinajstić information content (AvgIpc) is 3.35. The van der Waals surface area contributed by atoms with Crippen molar-refractivity contribution in [2.24, 2.45) is 5.92 Å². The molecule has 0 bridgehead atoms. The van der Waals surface area contributed by atoms with Gasteiger partial charge in [0.1, 0.15) is 10.7 Å². The predicted octanol–water partition coefficient (Wildman–Crippen LogP) is 6.15. The van der Waals surface area contributed by atoms with Crippen LogP contribution in [0.15, 0.2) is 36.4 Å². The van der Waals surface area contributed by atoms with Crippen molar-refractivity contribution >= 4 is 23.1 Å². The summed E-state index contributed by atoms with van der Waals surface area (Å²) < 4.78 is 0. The van der Waals surface area contributed by atoms with Crippen LogP contribution in [0.2, 0.25) is 0 Å². The van der Waals surface area contributed by atoms with E-state index in [9.17, 15) is 14.7 Å². The molecule has 3 atom stereocenters. The van der Waals surface area contributed by atoms with Crippen LogP contribution in [0.3, 0.4) is 0 Å². The zero-order valence-corrected chi connectivity index (χ0v) is 18.5. The van der Waals surface area contributed by atoms with Crippen LogP contribution in [0.5, 0.6) is 0 Å². The van der Waals surface area contributed by atoms with E-state index in [-0.39, 0.29) is 5.92 Å². The molecule has 30 heavy (non-hydrogen) atoms. The first-order chi connectivity index (χ1) is 14.5. The Bertz CT molecular complexity index is 839. The molecule has 0 spiro atoms. The van der Waals surface area contributed by atoms with Crippen LogP contribution in [-0.2, 0) is 11.2 Å². The van der Waals surface area contributed by atoms with E-state index < -0.39 is 12.1 Å². The van der Waals surface area contributed by atoms with Gasteiger partial charge < -0.3 is 10.2 Å². The molecule has 0 unspecified atom stereocenters. The zero-order chi connectivity index (χ0) is 21.5. The number of ketones is 1. The maximum Gasteiger partial charge on any atom is 0.345 e. The minimum atomic E-state index is -0.869. The smallest absolute Gasteiger partial charge is 0.345 e. The highest BCUT2D eigenvalue weighted by atomic mass is 32.1. The van der Waals surface area contributed by atoms with E-state index in [1.807, 2.05) is 30.3 Å². The van der Waals surface area contributed by atoms with Crippen LogP contribution >= 0.6 is 11.3 Å². The van der Waals surface area contributed by atoms with Crippen LogP contribution in [0.4, 0.5) is 0 Å². The number of benzene rings is 1. The fourth-order valence-corrected chi connectivity index (χ4v) is 5.42. The maximum absolute atomic E-state index is 12.6. The lowest BCUT2D eigenvalue weighted by Crippen LogP contribution is -2.13. The Morgan fingerprint density at radius 1 is 1.13 bits per heavy atom. The number of aliphatic hydroxyl groups excluding tert-OH is 1. The van der Waals surface area contributed by atoms with Gasteiger partial charge in [0.2, 0.25) is 0 Å². The van der Waals surface area contributed by atoms with Crippen molar-refractivity contribution in [1.29, 1.82) is 0 Å². The highest BCUT2D eigenvalue weighted by molar-refractivity contribution is 7.13. The summed E-state index contributed by atoms with van der Waals surface area (Å²) in [6, 6.07) is 11.6. The van der Waals surface area contributed by atoms with E-state index in [1.54, 1.807) is 6.07 Å². The summed E-state index contributed by atoms with van der Waals surface area (Å²) in [7, 11) is 0. The Morgan fingerprint density at radius 2 is 1.90 bits per heavy atom. The first kappa shape index (κ1) is 22.7. The normalized spacial score (nSPS) is 19.9. The van der Waals surface area contributed by atoms with Crippen molar-refractivity contribution in [3.63, 3.8) is 0 Å². The molecule has 2 N–H and O–H groups in total. The molecule has 1 saturated carbocycles. The van der Waals surface area contributed by atoms with Crippen LogP contribution in [-0.4, -0.2) is 22.0 Å². The summed E-state index contributed by atoms with van der Waals surface area (Å²) in [5, 5.41) is 19.4. The second kappa shape index (κ2) is 10.9. The fraction of sp³-hybridized carbons (Fsp3) is 0.520. The lowest BCUT2D eigenvalue weighted by molar-refractivity contribution is -0.119. The van der Waals surface area contributed by atoms with E-state index in [0.29, 0.717) is 23.0 Å². The van der Waals surface area contributed by atoms with Crippen molar-refractivity contribution in [3.05, 3.63) is 57.3 Å². The average molecular weight is 429 g/mol. The molecule has 5 heteroatoms. The summed E-state index contributed by atoms with van der Waals surface area (Å²) in [6.07, 6.45) is 8.01. The number of carbonyl (C=O) groups is 2. The van der Waals surface area contributed by atoms with Gasteiger partial charge in [-0.1, -0.05) is 50.5 Å². The van der Waals surface area contributed by atoms with Crippen molar-refractivity contribution in [2.45, 2.75) is 76.7 Å². The number of hydrogen-bond acceptors (Lipinski definition) is 4. The van der Waals surface area contributed by atoms with Gasteiger partial charge >= 0.3 is 5.97 Å². The molecule has 4 nitrogen and oxygen atoms in total. The number of unbranched alkanes of at least 4 members (excludes halogenated alkanes) is 2. The number of Topliss-reactive ketones (excluding diaryl/α,β-unsaturated/α-hetero) is 1. The first-order valence-corrected chi connectivity index (χ1v) is 11.9. The summed E-state index contributed by atoms with van der Waals surface area (Å²) >= 11 is 1.34. The van der Waals surface area contributed by atoms with Crippen LogP contribution in [0.1, 0.15) is 96.0 Å². The van der Waals surface area contributed by atoms with E-state index in [4.69, 9.17) is 5.11 Å². The van der Waals surface area contributed by atoms with Crippen molar-refractivity contribution in [2.75, 3.05) is 0 Å². The Kier molecular flexibility index (Phi) is 8.23. The molecule has 1 fully saturated rings. The summed E-state index contributed by atoms with van der Waals surface area (Å²) in [5.41, 5.74) is 2.00. The van der Waals surface area contributed by atoms with Crippen LogP contribution in [0.25, 0.3) is 0 Å². The van der Waals surface area contributed by atoms with Gasteiger partial charge in [-0.15, -0.1) is 11.3 Å². The monoisotopic (exact) mass is 428 g/mol. The second-order valence-corrected chi connectivity index (χ2v) is 9.55. The van der Waals surface area contributed by atoms with Gasteiger partial charge in [-0.2, -0.15) is 0 Å². The first-order valence-electron chi connectivity index (χ1n) is 11.1. The number of aromatic carboxylic acids is 1. The third kappa shape index (κ3) is 5.79. The van der Waals surface area contributed by atoms with E-state index in [2.05, 4.69) is 6.92 Å². The topological polar surface area (TPSA) is 74.6 Å². The summed E-state index contributed by atoms with van der Waals surface area (Å²) in [4.78, 5) is 25.1. The van der Waals surface area contributed by atoms with Gasteiger partial charge in [-0.3, -0.25) is 4.79 Å². The minimum absolute atomic E-state index is 0.0470. The van der Waals surface area contributed by atoms with Crippen LogP contribution in [0, 0.1) is 5.92 Å². The highest BCUT2D eigenvalue weighted by Crippen LogP contribution is 2.40. The predicted molar refractivity (Wildman–Crippen MR) is 120 cm³/mol. The Labute approximate surface area is 183 Å². The van der Waals surface area contributed by atoms with Crippen molar-refractivity contribution in [1.82, 2.24) is 0 Å². The standard InChI is InChI=1S/C25H32O4S/c1-2-3-4-8-21(26)17-9-11-19(12-10-17)24-18(13-15-22(24)27)6-5-7-20-14-16-23(30-20)25(28)29/h9-12,14,16,18,21,24,26H,2-8,13,15H2,1H3,(H,28,29)/t18-,21-,24-/m0/s1. The molecule has 2 aromatic rings. The highest BCUT2D eigenvalue weighted by Gasteiger charge is 2.35. The molecular weight excluding hydrogens is 396 g/mol. The Balaban J connectivity index is 1.56. The molecule has 0 aliphatic heterocycles. The Morgan fingerprint density at radius 3 is 2.57 bits per heavy atom. The summed E-state index contributed by atoms with van der Waals surface area (Å²) in [6.45, 7) is 2.16. The fourth-order valence-electron chi connectivity index (χ4n) is 4.53. The molecule has 1 aliphatic carbocycles. The molecule has 1 aromatic carbocycles. The number of carboxylic acids is 1. The molecular formula is C25H32O4S. The molecule has 1 aromatic heterocycles. The van der Waals surface area contributed by atoms with E-state index >= 15 is 0 Å². The maximum atomic E-state index is 12.6. The van der Waals surface area contributed by atoms with Crippen LogP contribution < -0.4 is 0 Å². The number of carboxylic acid groups (broad SMARTS) is 1. The number of thiophene rings is 1. The largest absolute Gasteiger partial charge is 0.477 e. The van der Waals surface area contributed by atoms with Crippen molar-refractivity contribution < 1.29 is 19.8 Å². The van der Waals surface area contributed by atoms with Gasteiger partial charge in [0.05, 0.1) is 6.10 Å². The number of rotatable bonds is 11. The molecule has 162 valence electrons. The van der Waals surface area contributed by atoms with Gasteiger partial charge in [0, 0.05) is 17.2 Å². The van der Waals surface area contributed by atoms with Gasteiger partial charge in [0.25, 0.3) is 0 Å². The lowest BCUT2D eigenvalue weighted by atomic mass is 9.84. The lowest BCUT2D eigenvalue weighted by Gasteiger charge is -2.20. The van der Waals surface area contributed by atoms with Gasteiger partial charge in [0.15, 0.2) is 0 Å². The molecule has 3 rings (SSSR count). The number of aliphatic hydroxyl groups is 1. The third-order valence-corrected chi connectivity index (χ3v) is 7.34. The number of hydrogen-bond donors (Lipinski definition) is 2. The SMILES string of the molecule is CCCCC[C@H](O)c1ccc([C@H]2C(=O)CC[C@@H]2CCCc2ccc(C(=O)O)s2)cc1. The van der Waals surface area contributed by atoms with Gasteiger partial charge in [-0.25, -0.2) is 4.79 Å². The molecule has 0 radical (unpaired) electrons. The molecule has 0 amide bonds. The number of aryl methyl sites for hydroxylation is 1. The quantitative estimate of drug-likeness (QED) is 0.421. The minimum Gasteiger partial charge on any atom is -0.477 e. The van der Waals surface area contributed by atoms with Crippen molar-refractivity contribution in [3.8, 4) is 0 Å². The Hall–Kier alpha value is -1.98. The van der Waals surface area contributed by atoms with E-state index in [1.165, 1.54) is 11.3 Å². The molecule has 0 saturated heterocycles. The molecule has 1 heterocycles. The summed E-state index contributed by atoms with van der Waals surface area (Å²) in [5.74, 6) is -0.252.